The molecular weight excluding hydrogens is 460 g/mol. The van der Waals surface area contributed by atoms with E-state index in [2.05, 4.69) is 0 Å². The second kappa shape index (κ2) is 8.75. The van der Waals surface area contributed by atoms with E-state index in [1.807, 2.05) is 48.5 Å². The number of nitrogens with zero attached hydrogens (tertiary/aromatic N) is 4. The lowest BCUT2D eigenvalue weighted by molar-refractivity contribution is 0.187. The summed E-state index contributed by atoms with van der Waals surface area (Å²) in [5, 5.41) is 0. The minimum Gasteiger partial charge on any atom is -0.195 e. The van der Waals surface area contributed by atoms with E-state index >= 15 is 0 Å². The highest BCUT2D eigenvalue weighted by Crippen LogP contribution is 2.28. The number of piperazine rings is 1. The summed E-state index contributed by atoms with van der Waals surface area (Å²) < 4.78 is 59.6. The molecule has 0 bridgehead atoms. The molecule has 3 aliphatic rings. The molecule has 0 aliphatic carbocycles. The van der Waals surface area contributed by atoms with Gasteiger partial charge in [0, 0.05) is 51.9 Å². The number of hydrogen-bond donors (Lipinski definition) is 0. The van der Waals surface area contributed by atoms with Crippen molar-refractivity contribution in [2.75, 3.05) is 32.7 Å². The molecule has 0 aromatic heterocycles. The van der Waals surface area contributed by atoms with Crippen molar-refractivity contribution in [1.82, 2.24) is 17.2 Å². The highest BCUT2D eigenvalue weighted by molar-refractivity contribution is 7.87. The van der Waals surface area contributed by atoms with Gasteiger partial charge in [-0.25, -0.2) is 0 Å². The summed E-state index contributed by atoms with van der Waals surface area (Å²) in [5.74, 6) is 0. The Balaban J connectivity index is 1.28. The molecule has 2 aromatic rings. The van der Waals surface area contributed by atoms with E-state index in [1.54, 1.807) is 6.92 Å². The van der Waals surface area contributed by atoms with Crippen molar-refractivity contribution in [1.29, 1.82) is 0 Å². The van der Waals surface area contributed by atoms with Gasteiger partial charge in [-0.15, -0.1) is 0 Å². The number of hydrogen-bond acceptors (Lipinski definition) is 4. The molecule has 178 valence electrons. The molecule has 5 rings (SSSR count). The van der Waals surface area contributed by atoms with Crippen LogP contribution in [0.25, 0.3) is 0 Å². The van der Waals surface area contributed by atoms with Crippen LogP contribution in [0.5, 0.6) is 0 Å². The predicted octanol–water partition coefficient (Wildman–Crippen LogP) is 1.60. The van der Waals surface area contributed by atoms with Crippen molar-refractivity contribution in [3.8, 4) is 0 Å². The molecule has 0 amide bonds. The van der Waals surface area contributed by atoms with Crippen molar-refractivity contribution in [3.63, 3.8) is 0 Å². The molecule has 0 saturated carbocycles. The van der Waals surface area contributed by atoms with Gasteiger partial charge in [0.15, 0.2) is 0 Å². The summed E-state index contributed by atoms with van der Waals surface area (Å²) in [4.78, 5) is 0. The Morgan fingerprint density at radius 1 is 0.636 bits per heavy atom. The van der Waals surface area contributed by atoms with Gasteiger partial charge in [0.2, 0.25) is 0 Å². The maximum absolute atomic E-state index is 13.4. The summed E-state index contributed by atoms with van der Waals surface area (Å²) in [6, 6.07) is 15.4. The van der Waals surface area contributed by atoms with E-state index in [4.69, 9.17) is 0 Å². The lowest BCUT2D eigenvalue weighted by Crippen LogP contribution is -2.60. The molecule has 1 fully saturated rings. The standard InChI is InChI=1S/C23H30N4O4S2/c1-19-16-26(32(28,29)24-12-10-20-6-2-4-8-22(20)17-24)14-15-27(19)33(30,31)25-13-11-21-7-3-5-9-23(21)18-25/h2-9,19H,10-18H2,1H3/t19-/m1/s1. The van der Waals surface area contributed by atoms with Gasteiger partial charge < -0.3 is 0 Å². The maximum Gasteiger partial charge on any atom is 0.282 e. The maximum atomic E-state index is 13.4. The van der Waals surface area contributed by atoms with Gasteiger partial charge >= 0.3 is 0 Å². The van der Waals surface area contributed by atoms with Crippen molar-refractivity contribution in [2.45, 2.75) is 38.9 Å². The molecule has 3 aliphatic heterocycles. The molecule has 3 heterocycles. The first kappa shape index (κ1) is 22.9. The average molecular weight is 491 g/mol. The van der Waals surface area contributed by atoms with Crippen LogP contribution in [0.4, 0.5) is 0 Å². The van der Waals surface area contributed by atoms with Crippen LogP contribution in [0.1, 0.15) is 29.2 Å². The third-order valence-corrected chi connectivity index (χ3v) is 11.0. The van der Waals surface area contributed by atoms with Gasteiger partial charge in [0.1, 0.15) is 0 Å². The zero-order valence-corrected chi connectivity index (χ0v) is 20.4. The predicted molar refractivity (Wildman–Crippen MR) is 127 cm³/mol. The van der Waals surface area contributed by atoms with Crippen molar-refractivity contribution < 1.29 is 16.8 Å². The van der Waals surface area contributed by atoms with E-state index in [9.17, 15) is 16.8 Å². The Bertz CT molecular complexity index is 1250. The molecular formula is C23H30N4O4S2. The molecule has 2 aromatic carbocycles. The Morgan fingerprint density at radius 2 is 1.12 bits per heavy atom. The smallest absolute Gasteiger partial charge is 0.195 e. The molecule has 0 spiro atoms. The molecule has 8 nitrogen and oxygen atoms in total. The Morgan fingerprint density at radius 3 is 1.64 bits per heavy atom. The van der Waals surface area contributed by atoms with Gasteiger partial charge in [-0.2, -0.15) is 34.1 Å². The minimum absolute atomic E-state index is 0.157. The fourth-order valence-electron chi connectivity index (χ4n) is 5.11. The van der Waals surface area contributed by atoms with Gasteiger partial charge in [0.05, 0.1) is 0 Å². The summed E-state index contributed by atoms with van der Waals surface area (Å²) in [6.07, 6.45) is 1.38. The van der Waals surface area contributed by atoms with Gasteiger partial charge in [0.25, 0.3) is 20.4 Å². The van der Waals surface area contributed by atoms with E-state index in [0.29, 0.717) is 39.0 Å². The van der Waals surface area contributed by atoms with Crippen LogP contribution in [0.15, 0.2) is 48.5 Å². The van der Waals surface area contributed by atoms with Crippen LogP contribution >= 0.6 is 0 Å². The minimum atomic E-state index is -3.68. The zero-order valence-electron chi connectivity index (χ0n) is 18.8. The molecule has 0 unspecified atom stereocenters. The summed E-state index contributed by atoms with van der Waals surface area (Å²) in [7, 11) is -7.34. The van der Waals surface area contributed by atoms with Crippen LogP contribution in [0.2, 0.25) is 0 Å². The van der Waals surface area contributed by atoms with E-state index in [-0.39, 0.29) is 19.6 Å². The second-order valence-electron chi connectivity index (χ2n) is 9.04. The largest absolute Gasteiger partial charge is 0.282 e. The van der Waals surface area contributed by atoms with Gasteiger partial charge in [-0.05, 0) is 42.0 Å². The van der Waals surface area contributed by atoms with Crippen molar-refractivity contribution in [2.24, 2.45) is 0 Å². The normalized spacial score (nSPS) is 23.7. The number of rotatable bonds is 4. The monoisotopic (exact) mass is 490 g/mol. The molecule has 10 heteroatoms. The Kier molecular flexibility index (Phi) is 6.09. The lowest BCUT2D eigenvalue weighted by atomic mass is 10.0. The van der Waals surface area contributed by atoms with E-state index in [1.165, 1.54) is 28.3 Å². The fraction of sp³-hybridized carbons (Fsp3) is 0.478. The highest BCUT2D eigenvalue weighted by atomic mass is 32.2. The first-order valence-electron chi connectivity index (χ1n) is 11.4. The Labute approximate surface area is 196 Å². The summed E-state index contributed by atoms with van der Waals surface area (Å²) >= 11 is 0. The number of benzene rings is 2. The second-order valence-corrected chi connectivity index (χ2v) is 12.8. The lowest BCUT2D eigenvalue weighted by Gasteiger charge is -2.42. The van der Waals surface area contributed by atoms with Crippen LogP contribution in [-0.4, -0.2) is 72.8 Å². The fourth-order valence-corrected chi connectivity index (χ4v) is 8.53. The summed E-state index contributed by atoms with van der Waals surface area (Å²) in [6.45, 7) is 3.87. The molecule has 1 saturated heterocycles. The molecule has 0 N–H and O–H groups in total. The van der Waals surface area contributed by atoms with Crippen molar-refractivity contribution >= 4 is 20.4 Å². The van der Waals surface area contributed by atoms with Crippen LogP contribution in [-0.2, 0) is 46.3 Å². The highest BCUT2D eigenvalue weighted by Gasteiger charge is 2.42. The van der Waals surface area contributed by atoms with Crippen LogP contribution in [0, 0.1) is 0 Å². The Hall–Kier alpha value is -1.82. The molecule has 33 heavy (non-hydrogen) atoms. The first-order chi connectivity index (χ1) is 15.8. The van der Waals surface area contributed by atoms with E-state index < -0.39 is 26.5 Å². The average Bonchev–Trinajstić information content (AvgIpc) is 2.83. The third kappa shape index (κ3) is 4.24. The third-order valence-electron chi connectivity index (χ3n) is 7.00. The molecule has 1 atom stereocenters. The van der Waals surface area contributed by atoms with Crippen LogP contribution in [0.3, 0.4) is 0 Å². The van der Waals surface area contributed by atoms with Crippen molar-refractivity contribution in [3.05, 3.63) is 70.8 Å². The quantitative estimate of drug-likeness (QED) is 0.652. The molecule has 0 radical (unpaired) electrons. The van der Waals surface area contributed by atoms with Crippen LogP contribution < -0.4 is 0 Å². The topological polar surface area (TPSA) is 81.2 Å². The first-order valence-corrected chi connectivity index (χ1v) is 14.2. The summed E-state index contributed by atoms with van der Waals surface area (Å²) in [5.41, 5.74) is 4.45. The van der Waals surface area contributed by atoms with Gasteiger partial charge in [-0.1, -0.05) is 48.5 Å². The van der Waals surface area contributed by atoms with Gasteiger partial charge in [-0.3, -0.25) is 0 Å². The SMILES string of the molecule is C[C@@H]1CN(S(=O)(=O)N2CCc3ccccc3C2)CCN1S(=O)(=O)N1CCc2ccccc2C1. The number of fused-ring (bicyclic) bond motifs is 2. The van der Waals surface area contributed by atoms with E-state index in [0.717, 1.165) is 11.1 Å². The zero-order chi connectivity index (χ0) is 23.2.